The number of aliphatic hydroxyl groups is 2. The summed E-state index contributed by atoms with van der Waals surface area (Å²) in [6.45, 7) is 8.28. The maximum atomic E-state index is 13.1. The van der Waals surface area contributed by atoms with Crippen LogP contribution in [0.15, 0.2) is 11.6 Å². The summed E-state index contributed by atoms with van der Waals surface area (Å²) in [5.74, 6) is -1.02. The van der Waals surface area contributed by atoms with Crippen LogP contribution >= 0.6 is 0 Å². The number of cyclic esters (lactones) is 1. The Labute approximate surface area is 242 Å². The first kappa shape index (κ1) is 28.4. The van der Waals surface area contributed by atoms with E-state index in [1.807, 2.05) is 20.8 Å². The second-order valence-electron chi connectivity index (χ2n) is 14.9. The van der Waals surface area contributed by atoms with Gasteiger partial charge in [0.1, 0.15) is 19.0 Å². The first-order valence-electron chi connectivity index (χ1n) is 15.8. The Morgan fingerprint density at radius 3 is 2.51 bits per heavy atom. The van der Waals surface area contributed by atoms with E-state index in [1.54, 1.807) is 6.08 Å². The molecule has 6 fully saturated rings. The van der Waals surface area contributed by atoms with Crippen LogP contribution in [-0.2, 0) is 33.3 Å². The minimum atomic E-state index is -1.19. The van der Waals surface area contributed by atoms with Crippen LogP contribution < -0.4 is 0 Å². The van der Waals surface area contributed by atoms with Crippen LogP contribution in [0.25, 0.3) is 0 Å². The molecule has 12 atom stereocenters. The predicted octanol–water partition coefficient (Wildman–Crippen LogP) is 3.58. The summed E-state index contributed by atoms with van der Waals surface area (Å²) in [5, 5.41) is 24.7. The third kappa shape index (κ3) is 4.02. The van der Waals surface area contributed by atoms with Crippen molar-refractivity contribution in [3.63, 3.8) is 0 Å². The molecule has 0 aromatic carbocycles. The molecule has 7 aliphatic rings. The molecule has 9 nitrogen and oxygen atoms in total. The van der Waals surface area contributed by atoms with Crippen LogP contribution in [0.1, 0.15) is 91.9 Å². The highest BCUT2D eigenvalue weighted by atomic mass is 16.8. The average Bonchev–Trinajstić information content (AvgIpc) is 3.55. The van der Waals surface area contributed by atoms with Gasteiger partial charge in [0.2, 0.25) is 0 Å². The minimum absolute atomic E-state index is 0.0739. The number of carbonyl (C=O) groups is 2. The summed E-state index contributed by atoms with van der Waals surface area (Å²) in [5.41, 5.74) is -2.44. The fourth-order valence-electron chi connectivity index (χ4n) is 10.7. The molecular formula is C32H46O9. The Morgan fingerprint density at radius 1 is 1.00 bits per heavy atom. The molecule has 0 aromatic rings. The van der Waals surface area contributed by atoms with Gasteiger partial charge in [0.25, 0.3) is 0 Å². The summed E-state index contributed by atoms with van der Waals surface area (Å²) < 4.78 is 30.0. The van der Waals surface area contributed by atoms with Crippen LogP contribution in [0.3, 0.4) is 0 Å². The summed E-state index contributed by atoms with van der Waals surface area (Å²) in [4.78, 5) is 24.9. The molecule has 3 aliphatic heterocycles. The summed E-state index contributed by atoms with van der Waals surface area (Å²) in [7, 11) is 0. The number of carbonyl (C=O) groups excluding carboxylic acids is 2. The number of ether oxygens (including phenoxy) is 5. The summed E-state index contributed by atoms with van der Waals surface area (Å²) in [6, 6.07) is 0. The Hall–Kier alpha value is -1.36. The smallest absolute Gasteiger partial charge is 0.331 e. The van der Waals surface area contributed by atoms with E-state index in [0.717, 1.165) is 31.1 Å². The maximum absolute atomic E-state index is 13.1. The van der Waals surface area contributed by atoms with Gasteiger partial charge < -0.3 is 38.7 Å². The first-order chi connectivity index (χ1) is 19.3. The molecule has 4 aliphatic carbocycles. The van der Waals surface area contributed by atoms with E-state index in [4.69, 9.17) is 23.7 Å². The molecule has 2 N–H and O–H groups in total. The fourth-order valence-corrected chi connectivity index (χ4v) is 10.7. The number of hydrogen-bond acceptors (Lipinski definition) is 9. The molecule has 0 aromatic heterocycles. The number of esters is 1. The Bertz CT molecular complexity index is 1140. The second-order valence-corrected chi connectivity index (χ2v) is 14.9. The normalized spacial score (nSPS) is 53.9. The van der Waals surface area contributed by atoms with E-state index >= 15 is 0 Å². The molecule has 2 saturated heterocycles. The van der Waals surface area contributed by atoms with Crippen molar-refractivity contribution >= 4 is 12.3 Å². The van der Waals surface area contributed by atoms with Gasteiger partial charge in [-0.1, -0.05) is 6.92 Å². The van der Waals surface area contributed by atoms with Crippen LogP contribution in [0.5, 0.6) is 0 Å². The predicted molar refractivity (Wildman–Crippen MR) is 145 cm³/mol. The zero-order chi connectivity index (χ0) is 29.0. The summed E-state index contributed by atoms with van der Waals surface area (Å²) >= 11 is 0. The number of rotatable bonds is 4. The van der Waals surface area contributed by atoms with Crippen molar-refractivity contribution in [2.45, 2.75) is 140 Å². The van der Waals surface area contributed by atoms with Crippen molar-refractivity contribution in [2.75, 3.05) is 6.61 Å². The molecule has 4 saturated carbocycles. The molecular weight excluding hydrogens is 528 g/mol. The Balaban J connectivity index is 1.08. The van der Waals surface area contributed by atoms with Gasteiger partial charge >= 0.3 is 5.97 Å². The highest BCUT2D eigenvalue weighted by molar-refractivity contribution is 5.85. The van der Waals surface area contributed by atoms with Crippen molar-refractivity contribution < 1.29 is 43.5 Å². The number of aldehydes is 1. The third-order valence-electron chi connectivity index (χ3n) is 12.7. The van der Waals surface area contributed by atoms with E-state index in [9.17, 15) is 19.8 Å². The lowest BCUT2D eigenvalue weighted by molar-refractivity contribution is -0.278. The van der Waals surface area contributed by atoms with Gasteiger partial charge in [0.05, 0.1) is 34.9 Å². The monoisotopic (exact) mass is 574 g/mol. The van der Waals surface area contributed by atoms with E-state index < -0.39 is 28.7 Å². The van der Waals surface area contributed by atoms with E-state index in [-0.39, 0.29) is 53.6 Å². The highest BCUT2D eigenvalue weighted by Crippen LogP contribution is 2.70. The molecule has 228 valence electrons. The number of fused-ring (bicyclic) bond motifs is 6. The molecule has 9 heteroatoms. The lowest BCUT2D eigenvalue weighted by atomic mass is 9.41. The molecule has 7 rings (SSSR count). The first-order valence-corrected chi connectivity index (χ1v) is 15.8. The van der Waals surface area contributed by atoms with Gasteiger partial charge in [-0.05, 0) is 95.5 Å². The maximum Gasteiger partial charge on any atom is 0.331 e. The lowest BCUT2D eigenvalue weighted by Crippen LogP contribution is -2.69. The Kier molecular flexibility index (Phi) is 6.46. The minimum Gasteiger partial charge on any atom is -0.458 e. The third-order valence-corrected chi connectivity index (χ3v) is 12.7. The van der Waals surface area contributed by atoms with Crippen molar-refractivity contribution in [1.29, 1.82) is 0 Å². The lowest BCUT2D eigenvalue weighted by Gasteiger charge is -2.65. The molecule has 0 spiro atoms. The standard InChI is InChI=1S/C32H46O9/c1-18-27-24(40-28(2,3)41-27)14-26(38-18)39-20-5-10-30(17-33)22-6-9-29(4)21(19-13-25(34)37-16-19)8-12-32(29,36)23(22)7-11-31(30,35)15-20/h13,17-18,20-24,26-27,35-36H,5-12,14-16H2,1-4H3/t18-,20+,21-,22-,23+,24-,26+,27-,29+,30-,31-,32-/m0/s1. The molecule has 41 heavy (non-hydrogen) atoms. The van der Waals surface area contributed by atoms with Gasteiger partial charge in [-0.3, -0.25) is 0 Å². The van der Waals surface area contributed by atoms with Gasteiger partial charge in [-0.15, -0.1) is 0 Å². The summed E-state index contributed by atoms with van der Waals surface area (Å²) in [6.07, 6.45) is 7.78. The zero-order valence-corrected chi connectivity index (χ0v) is 24.8. The van der Waals surface area contributed by atoms with Crippen LogP contribution in [0.4, 0.5) is 0 Å². The fraction of sp³-hybridized carbons (Fsp3) is 0.875. The van der Waals surface area contributed by atoms with Crippen molar-refractivity contribution in [2.24, 2.45) is 28.6 Å². The molecule has 0 unspecified atom stereocenters. The quantitative estimate of drug-likeness (QED) is 0.295. The van der Waals surface area contributed by atoms with Crippen LogP contribution in [0.2, 0.25) is 0 Å². The number of hydrogen-bond donors (Lipinski definition) is 2. The van der Waals surface area contributed by atoms with Crippen molar-refractivity contribution in [3.8, 4) is 0 Å². The SMILES string of the molecule is C[C@@H]1O[C@H](O[C@@H]2CC[C@]3(C=O)[C@H]4CC[C@]5(C)[C@H](C6=CC(=O)OC6)CC[C@]5(O)[C@@H]4CC[C@]3(O)C2)C[C@@H]2OC(C)(C)O[C@@H]12. The van der Waals surface area contributed by atoms with Gasteiger partial charge in [-0.2, -0.15) is 0 Å². The topological polar surface area (TPSA) is 121 Å². The van der Waals surface area contributed by atoms with Gasteiger partial charge in [-0.25, -0.2) is 4.79 Å². The molecule has 3 heterocycles. The van der Waals surface area contributed by atoms with Crippen molar-refractivity contribution in [1.82, 2.24) is 0 Å². The molecule has 0 radical (unpaired) electrons. The van der Waals surface area contributed by atoms with Gasteiger partial charge in [0.15, 0.2) is 12.1 Å². The van der Waals surface area contributed by atoms with Crippen LogP contribution in [0, 0.1) is 28.6 Å². The van der Waals surface area contributed by atoms with Crippen molar-refractivity contribution in [3.05, 3.63) is 11.6 Å². The molecule has 0 amide bonds. The second kappa shape index (κ2) is 9.32. The van der Waals surface area contributed by atoms with E-state index in [1.165, 1.54) is 0 Å². The Morgan fingerprint density at radius 2 is 1.78 bits per heavy atom. The van der Waals surface area contributed by atoms with Crippen LogP contribution in [-0.4, -0.2) is 76.8 Å². The van der Waals surface area contributed by atoms with E-state index in [0.29, 0.717) is 51.6 Å². The van der Waals surface area contributed by atoms with Gasteiger partial charge in [0, 0.05) is 24.3 Å². The molecule has 0 bridgehead atoms. The van der Waals surface area contributed by atoms with E-state index in [2.05, 4.69) is 6.92 Å². The largest absolute Gasteiger partial charge is 0.458 e. The average molecular weight is 575 g/mol. The zero-order valence-electron chi connectivity index (χ0n) is 24.8. The highest BCUT2D eigenvalue weighted by Gasteiger charge is 2.71.